The van der Waals surface area contributed by atoms with Crippen molar-refractivity contribution in [1.29, 1.82) is 0 Å². The summed E-state index contributed by atoms with van der Waals surface area (Å²) in [5, 5.41) is 0. The maximum atomic E-state index is 6.20. The number of rotatable bonds is 6. The molecule has 2 rings (SSSR count). The Hall–Kier alpha value is -1.54. The van der Waals surface area contributed by atoms with Crippen LogP contribution in [0.3, 0.4) is 0 Å². The third-order valence-corrected chi connectivity index (χ3v) is 5.51. The van der Waals surface area contributed by atoms with Crippen molar-refractivity contribution in [3.8, 4) is 0 Å². The zero-order chi connectivity index (χ0) is 18.8. The molecule has 0 saturated heterocycles. The minimum absolute atomic E-state index is 0.318. The zero-order valence-electron chi connectivity index (χ0n) is 17.1. The average molecular weight is 343 g/mol. The van der Waals surface area contributed by atoms with Crippen LogP contribution in [0, 0.1) is 11.8 Å². The molecular weight excluding hydrogens is 308 g/mol. The van der Waals surface area contributed by atoms with Crippen LogP contribution in [0.2, 0.25) is 0 Å². The molecule has 1 unspecified atom stereocenters. The molecule has 0 saturated carbocycles. The van der Waals surface area contributed by atoms with E-state index in [1.54, 1.807) is 7.11 Å². The van der Waals surface area contributed by atoms with E-state index in [4.69, 9.17) is 9.47 Å². The highest BCUT2D eigenvalue weighted by Crippen LogP contribution is 2.48. The van der Waals surface area contributed by atoms with Gasteiger partial charge in [0, 0.05) is 19.1 Å². The highest BCUT2D eigenvalue weighted by Gasteiger charge is 2.43. The van der Waals surface area contributed by atoms with Crippen molar-refractivity contribution in [2.24, 2.45) is 11.8 Å². The van der Waals surface area contributed by atoms with E-state index >= 15 is 0 Å². The number of hydrogen-bond acceptors (Lipinski definition) is 2. The molecule has 138 valence electrons. The van der Waals surface area contributed by atoms with Gasteiger partial charge in [0.25, 0.3) is 0 Å². The summed E-state index contributed by atoms with van der Waals surface area (Å²) in [5.74, 6) is 2.25. The van der Waals surface area contributed by atoms with Gasteiger partial charge >= 0.3 is 0 Å². The SMILES string of the molecule is COC1=CCC(OC)(C(C)C)C(c2ccc(C(C)C)cc2)=C1C(C)C. The molecule has 1 aromatic rings. The Morgan fingerprint density at radius 2 is 1.48 bits per heavy atom. The minimum atomic E-state index is -0.318. The van der Waals surface area contributed by atoms with Crippen molar-refractivity contribution in [1.82, 2.24) is 0 Å². The average Bonchev–Trinajstić information content (AvgIpc) is 2.59. The predicted molar refractivity (Wildman–Crippen MR) is 107 cm³/mol. The Labute approximate surface area is 153 Å². The molecule has 1 aromatic carbocycles. The molecular formula is C23H34O2. The van der Waals surface area contributed by atoms with E-state index in [0.29, 0.717) is 17.8 Å². The van der Waals surface area contributed by atoms with Crippen molar-refractivity contribution in [3.63, 3.8) is 0 Å². The molecule has 0 aromatic heterocycles. The van der Waals surface area contributed by atoms with Crippen LogP contribution in [-0.2, 0) is 9.47 Å². The lowest BCUT2D eigenvalue weighted by Gasteiger charge is -2.43. The maximum Gasteiger partial charge on any atom is 0.118 e. The van der Waals surface area contributed by atoms with E-state index in [-0.39, 0.29) is 5.60 Å². The van der Waals surface area contributed by atoms with Gasteiger partial charge in [-0.15, -0.1) is 0 Å². The molecule has 0 fully saturated rings. The van der Waals surface area contributed by atoms with Gasteiger partial charge < -0.3 is 9.47 Å². The van der Waals surface area contributed by atoms with Crippen LogP contribution in [0.1, 0.15) is 65.0 Å². The van der Waals surface area contributed by atoms with Gasteiger partial charge in [0.1, 0.15) is 5.76 Å². The molecule has 0 N–H and O–H groups in total. The normalized spacial score (nSPS) is 21.3. The number of benzene rings is 1. The van der Waals surface area contributed by atoms with Gasteiger partial charge in [-0.25, -0.2) is 0 Å². The van der Waals surface area contributed by atoms with Gasteiger partial charge in [-0.05, 0) is 40.5 Å². The van der Waals surface area contributed by atoms with E-state index in [0.717, 1.165) is 12.2 Å². The van der Waals surface area contributed by atoms with Gasteiger partial charge in [-0.2, -0.15) is 0 Å². The van der Waals surface area contributed by atoms with Gasteiger partial charge in [0.2, 0.25) is 0 Å². The number of methoxy groups -OCH3 is 2. The highest BCUT2D eigenvalue weighted by atomic mass is 16.5. The summed E-state index contributed by atoms with van der Waals surface area (Å²) in [7, 11) is 3.61. The fraction of sp³-hybridized carbons (Fsp3) is 0.565. The molecule has 0 bridgehead atoms. The molecule has 2 nitrogen and oxygen atoms in total. The topological polar surface area (TPSA) is 18.5 Å². The number of allylic oxidation sites excluding steroid dienone is 1. The first kappa shape index (κ1) is 19.8. The van der Waals surface area contributed by atoms with E-state index in [1.807, 2.05) is 7.11 Å². The first-order valence-electron chi connectivity index (χ1n) is 9.43. The Morgan fingerprint density at radius 1 is 0.880 bits per heavy atom. The zero-order valence-corrected chi connectivity index (χ0v) is 17.1. The van der Waals surface area contributed by atoms with Crippen molar-refractivity contribution >= 4 is 5.57 Å². The van der Waals surface area contributed by atoms with Crippen LogP contribution in [0.5, 0.6) is 0 Å². The second-order valence-corrected chi connectivity index (χ2v) is 7.95. The summed E-state index contributed by atoms with van der Waals surface area (Å²) in [6.45, 7) is 13.4. The molecule has 0 heterocycles. The standard InChI is InChI=1S/C23H34O2/c1-15(2)18-9-11-19(12-10-18)22-21(16(3)4)20(24-7)13-14-23(22,25-8)17(5)6/h9-13,15-17H,14H2,1-8H3. The summed E-state index contributed by atoms with van der Waals surface area (Å²) in [6.07, 6.45) is 3.03. The van der Waals surface area contributed by atoms with Crippen LogP contribution in [0.15, 0.2) is 41.7 Å². The Morgan fingerprint density at radius 3 is 1.88 bits per heavy atom. The van der Waals surface area contributed by atoms with Gasteiger partial charge in [-0.3, -0.25) is 0 Å². The highest BCUT2D eigenvalue weighted by molar-refractivity contribution is 5.80. The smallest absolute Gasteiger partial charge is 0.118 e. The van der Waals surface area contributed by atoms with Crippen LogP contribution in [-0.4, -0.2) is 19.8 Å². The van der Waals surface area contributed by atoms with E-state index in [9.17, 15) is 0 Å². The molecule has 0 spiro atoms. The molecule has 1 aliphatic rings. The summed E-state index contributed by atoms with van der Waals surface area (Å²) in [6, 6.07) is 9.00. The van der Waals surface area contributed by atoms with Crippen LogP contribution in [0.4, 0.5) is 0 Å². The van der Waals surface area contributed by atoms with Gasteiger partial charge in [-0.1, -0.05) is 65.8 Å². The lowest BCUT2D eigenvalue weighted by molar-refractivity contribution is 0.00228. The Bertz CT molecular complexity index is 647. The van der Waals surface area contributed by atoms with Crippen molar-refractivity contribution < 1.29 is 9.47 Å². The number of ether oxygens (including phenoxy) is 2. The largest absolute Gasteiger partial charge is 0.497 e. The van der Waals surface area contributed by atoms with E-state index in [2.05, 4.69) is 71.9 Å². The third-order valence-electron chi connectivity index (χ3n) is 5.51. The summed E-state index contributed by atoms with van der Waals surface area (Å²) < 4.78 is 11.9. The van der Waals surface area contributed by atoms with E-state index in [1.165, 1.54) is 22.3 Å². The van der Waals surface area contributed by atoms with Crippen LogP contribution < -0.4 is 0 Å². The molecule has 0 aliphatic heterocycles. The maximum absolute atomic E-state index is 6.20. The molecule has 0 radical (unpaired) electrons. The second kappa shape index (κ2) is 7.78. The molecule has 1 aliphatic carbocycles. The van der Waals surface area contributed by atoms with Crippen molar-refractivity contribution in [2.75, 3.05) is 14.2 Å². The fourth-order valence-corrected chi connectivity index (χ4v) is 3.95. The summed E-state index contributed by atoms with van der Waals surface area (Å²) in [5.41, 5.74) is 4.84. The minimum Gasteiger partial charge on any atom is -0.497 e. The first-order valence-corrected chi connectivity index (χ1v) is 9.43. The third kappa shape index (κ3) is 3.55. The van der Waals surface area contributed by atoms with Gasteiger partial charge in [0.15, 0.2) is 0 Å². The van der Waals surface area contributed by atoms with Gasteiger partial charge in [0.05, 0.1) is 12.7 Å². The lowest BCUT2D eigenvalue weighted by Crippen LogP contribution is -2.41. The lowest BCUT2D eigenvalue weighted by atomic mass is 9.70. The Kier molecular flexibility index (Phi) is 6.16. The molecule has 25 heavy (non-hydrogen) atoms. The monoisotopic (exact) mass is 342 g/mol. The molecule has 2 heteroatoms. The Balaban J connectivity index is 2.74. The van der Waals surface area contributed by atoms with Crippen molar-refractivity contribution in [2.45, 2.75) is 59.5 Å². The van der Waals surface area contributed by atoms with Crippen LogP contribution in [0.25, 0.3) is 5.57 Å². The first-order chi connectivity index (χ1) is 11.8. The second-order valence-electron chi connectivity index (χ2n) is 7.95. The number of hydrogen-bond donors (Lipinski definition) is 0. The predicted octanol–water partition coefficient (Wildman–Crippen LogP) is 6.19. The molecule has 1 atom stereocenters. The summed E-state index contributed by atoms with van der Waals surface area (Å²) >= 11 is 0. The van der Waals surface area contributed by atoms with Crippen molar-refractivity contribution in [3.05, 3.63) is 52.8 Å². The van der Waals surface area contributed by atoms with E-state index < -0.39 is 0 Å². The summed E-state index contributed by atoms with van der Waals surface area (Å²) in [4.78, 5) is 0. The quantitative estimate of drug-likeness (QED) is 0.613. The fourth-order valence-electron chi connectivity index (χ4n) is 3.95. The van der Waals surface area contributed by atoms with Crippen LogP contribution >= 0.6 is 0 Å². The molecule has 0 amide bonds.